The van der Waals surface area contributed by atoms with Gasteiger partial charge in [-0.05, 0) is 32.9 Å². The van der Waals surface area contributed by atoms with Crippen molar-refractivity contribution in [1.29, 1.82) is 0 Å². The number of alkyl halides is 1. The van der Waals surface area contributed by atoms with Gasteiger partial charge >= 0.3 is 0 Å². The highest BCUT2D eigenvalue weighted by Gasteiger charge is 2.18. The topological polar surface area (TPSA) is 49.4 Å². The van der Waals surface area contributed by atoms with Gasteiger partial charge in [0.2, 0.25) is 10.0 Å². The smallest absolute Gasteiger partial charge is 0.221 e. The Balaban J connectivity index is 2.31. The second-order valence-corrected chi connectivity index (χ2v) is 7.13. The van der Waals surface area contributed by atoms with E-state index in [4.69, 9.17) is 0 Å². The van der Waals surface area contributed by atoms with Crippen LogP contribution in [0.1, 0.15) is 26.2 Å². The fraction of sp³-hybridized carbons (Fsp3) is 1.00. The van der Waals surface area contributed by atoms with Crippen LogP contribution in [0.25, 0.3) is 0 Å². The molecule has 1 N–H and O–H groups in total. The molecule has 0 aromatic carbocycles. The van der Waals surface area contributed by atoms with Crippen molar-refractivity contribution in [2.75, 3.05) is 24.3 Å². The van der Waals surface area contributed by atoms with Crippen molar-refractivity contribution >= 4 is 26.0 Å². The zero-order chi connectivity index (χ0) is 11.3. The SMILES string of the molecule is CC(CNS(=O)(=O)CBr)N1CCCCC1. The van der Waals surface area contributed by atoms with Gasteiger partial charge in [-0.2, -0.15) is 0 Å². The Labute approximate surface area is 101 Å². The first-order valence-corrected chi connectivity index (χ1v) is 8.10. The van der Waals surface area contributed by atoms with E-state index in [9.17, 15) is 8.42 Å². The first kappa shape index (κ1) is 13.4. The fourth-order valence-electron chi connectivity index (χ4n) is 1.77. The second kappa shape index (κ2) is 6.18. The molecule has 0 aromatic rings. The molecule has 0 aliphatic carbocycles. The molecule has 0 radical (unpaired) electrons. The third-order valence-corrected chi connectivity index (χ3v) is 5.46. The number of hydrogen-bond donors (Lipinski definition) is 1. The Morgan fingerprint density at radius 2 is 1.93 bits per heavy atom. The van der Waals surface area contributed by atoms with Crippen LogP contribution in [0.3, 0.4) is 0 Å². The van der Waals surface area contributed by atoms with Crippen LogP contribution in [0.4, 0.5) is 0 Å². The molecule has 0 spiro atoms. The highest BCUT2D eigenvalue weighted by molar-refractivity contribution is 9.10. The third-order valence-electron chi connectivity index (χ3n) is 2.76. The Kier molecular flexibility index (Phi) is 5.52. The van der Waals surface area contributed by atoms with Gasteiger partial charge in [0.25, 0.3) is 0 Å². The van der Waals surface area contributed by atoms with Gasteiger partial charge in [-0.15, -0.1) is 0 Å². The average Bonchev–Trinajstić information content (AvgIpc) is 2.27. The van der Waals surface area contributed by atoms with Gasteiger partial charge in [-0.3, -0.25) is 4.90 Å². The van der Waals surface area contributed by atoms with E-state index in [0.29, 0.717) is 12.6 Å². The van der Waals surface area contributed by atoms with Crippen molar-refractivity contribution in [3.8, 4) is 0 Å². The van der Waals surface area contributed by atoms with Crippen LogP contribution in [0.5, 0.6) is 0 Å². The lowest BCUT2D eigenvalue weighted by atomic mass is 10.1. The second-order valence-electron chi connectivity index (χ2n) is 4.02. The number of likely N-dealkylation sites (tertiary alicyclic amines) is 1. The molecular formula is C9H19BrN2O2S. The van der Waals surface area contributed by atoms with Crippen LogP contribution in [-0.2, 0) is 10.0 Å². The van der Waals surface area contributed by atoms with E-state index >= 15 is 0 Å². The molecule has 1 aliphatic rings. The Bertz CT molecular complexity index is 276. The summed E-state index contributed by atoms with van der Waals surface area (Å²) in [6.07, 6.45) is 3.77. The number of sulfonamides is 1. The van der Waals surface area contributed by atoms with Crippen molar-refractivity contribution in [1.82, 2.24) is 9.62 Å². The van der Waals surface area contributed by atoms with E-state index in [-0.39, 0.29) is 4.66 Å². The molecule has 15 heavy (non-hydrogen) atoms. The van der Waals surface area contributed by atoms with Crippen molar-refractivity contribution < 1.29 is 8.42 Å². The minimum absolute atomic E-state index is 0.0211. The summed E-state index contributed by atoms with van der Waals surface area (Å²) in [4.78, 5) is 2.35. The quantitative estimate of drug-likeness (QED) is 0.774. The normalized spacial score (nSPS) is 21.5. The number of nitrogens with zero attached hydrogens (tertiary/aromatic N) is 1. The zero-order valence-corrected chi connectivity index (χ0v) is 11.5. The number of hydrogen-bond acceptors (Lipinski definition) is 3. The van der Waals surface area contributed by atoms with E-state index < -0.39 is 10.0 Å². The molecule has 1 aliphatic heterocycles. The summed E-state index contributed by atoms with van der Waals surface area (Å²) >= 11 is 2.95. The minimum atomic E-state index is -3.11. The molecule has 90 valence electrons. The number of rotatable bonds is 5. The van der Waals surface area contributed by atoms with Gasteiger partial charge in [-0.25, -0.2) is 13.1 Å². The van der Waals surface area contributed by atoms with Crippen LogP contribution in [0, 0.1) is 0 Å². The first-order valence-electron chi connectivity index (χ1n) is 5.32. The molecule has 1 fully saturated rings. The molecule has 6 heteroatoms. The van der Waals surface area contributed by atoms with Crippen LogP contribution in [-0.4, -0.2) is 43.7 Å². The van der Waals surface area contributed by atoms with Crippen molar-refractivity contribution in [2.24, 2.45) is 0 Å². The Morgan fingerprint density at radius 1 is 1.33 bits per heavy atom. The minimum Gasteiger partial charge on any atom is -0.299 e. The van der Waals surface area contributed by atoms with Crippen LogP contribution in [0.2, 0.25) is 0 Å². The molecule has 0 aromatic heterocycles. The lowest BCUT2D eigenvalue weighted by Crippen LogP contribution is -2.44. The third kappa shape index (κ3) is 4.80. The molecule has 1 heterocycles. The van der Waals surface area contributed by atoms with Crippen molar-refractivity contribution in [2.45, 2.75) is 32.2 Å². The van der Waals surface area contributed by atoms with E-state index in [0.717, 1.165) is 13.1 Å². The molecule has 4 nitrogen and oxygen atoms in total. The maximum Gasteiger partial charge on any atom is 0.221 e. The van der Waals surface area contributed by atoms with E-state index in [1.165, 1.54) is 19.3 Å². The molecule has 1 rings (SSSR count). The maximum atomic E-state index is 11.2. The molecule has 0 amide bonds. The van der Waals surface area contributed by atoms with Gasteiger partial charge in [0.15, 0.2) is 0 Å². The summed E-state index contributed by atoms with van der Waals surface area (Å²) in [5.41, 5.74) is 0. The molecular weight excluding hydrogens is 280 g/mol. The number of nitrogens with one attached hydrogen (secondary N) is 1. The number of piperidine rings is 1. The Morgan fingerprint density at radius 3 is 2.47 bits per heavy atom. The highest BCUT2D eigenvalue weighted by Crippen LogP contribution is 2.11. The summed E-state index contributed by atoms with van der Waals surface area (Å²) in [6, 6.07) is 0.291. The summed E-state index contributed by atoms with van der Waals surface area (Å²) in [6.45, 7) is 4.77. The molecule has 0 bridgehead atoms. The Hall–Kier alpha value is 0.350. The average molecular weight is 299 g/mol. The standard InChI is InChI=1S/C9H19BrN2O2S/c1-9(7-11-15(13,14)8-10)12-5-3-2-4-6-12/h9,11H,2-8H2,1H3. The van der Waals surface area contributed by atoms with Gasteiger partial charge in [-0.1, -0.05) is 22.4 Å². The van der Waals surface area contributed by atoms with Crippen LogP contribution in [0.15, 0.2) is 0 Å². The van der Waals surface area contributed by atoms with Crippen molar-refractivity contribution in [3.63, 3.8) is 0 Å². The van der Waals surface area contributed by atoms with E-state index in [2.05, 4.69) is 32.5 Å². The van der Waals surface area contributed by atoms with Crippen molar-refractivity contribution in [3.05, 3.63) is 0 Å². The number of halogens is 1. The lowest BCUT2D eigenvalue weighted by Gasteiger charge is -2.32. The molecule has 1 unspecified atom stereocenters. The monoisotopic (exact) mass is 298 g/mol. The van der Waals surface area contributed by atoms with Gasteiger partial charge in [0.1, 0.15) is 4.66 Å². The van der Waals surface area contributed by atoms with E-state index in [1.807, 2.05) is 0 Å². The maximum absolute atomic E-state index is 11.2. The van der Waals surface area contributed by atoms with Gasteiger partial charge in [0.05, 0.1) is 0 Å². The molecule has 0 saturated carbocycles. The zero-order valence-electron chi connectivity index (χ0n) is 9.08. The largest absolute Gasteiger partial charge is 0.299 e. The van der Waals surface area contributed by atoms with E-state index in [1.54, 1.807) is 0 Å². The summed E-state index contributed by atoms with van der Waals surface area (Å²) < 4.78 is 25.0. The molecule has 1 saturated heterocycles. The predicted molar refractivity (Wildman–Crippen MR) is 65.6 cm³/mol. The highest BCUT2D eigenvalue weighted by atomic mass is 79.9. The summed E-state index contributed by atoms with van der Waals surface area (Å²) in [5, 5.41) is 0. The fourth-order valence-corrected chi connectivity index (χ4v) is 2.83. The molecule has 1 atom stereocenters. The van der Waals surface area contributed by atoms with Gasteiger partial charge in [0, 0.05) is 12.6 Å². The predicted octanol–water partition coefficient (Wildman–Crippen LogP) is 1.13. The van der Waals surface area contributed by atoms with Crippen LogP contribution < -0.4 is 4.72 Å². The van der Waals surface area contributed by atoms with Gasteiger partial charge < -0.3 is 0 Å². The summed E-state index contributed by atoms with van der Waals surface area (Å²) in [5.74, 6) is 0. The van der Waals surface area contributed by atoms with Crippen LogP contribution >= 0.6 is 15.9 Å². The summed E-state index contributed by atoms with van der Waals surface area (Å²) in [7, 11) is -3.11. The first-order chi connectivity index (χ1) is 7.05. The lowest BCUT2D eigenvalue weighted by molar-refractivity contribution is 0.175.